The summed E-state index contributed by atoms with van der Waals surface area (Å²) in [7, 11) is 1.95. The first-order valence-corrected chi connectivity index (χ1v) is 11.2. The van der Waals surface area contributed by atoms with Crippen LogP contribution >= 0.6 is 0 Å². The molecule has 0 unspecified atom stereocenters. The zero-order valence-electron chi connectivity index (χ0n) is 19.2. The number of allylic oxidation sites excluding steroid dienone is 1. The SMILES string of the molecule is C=CC=O.CCCCCc1ccc(-c2ccc(-c3ccc(NC)cc3)cc2CC)cc1. The highest BCUT2D eigenvalue weighted by molar-refractivity contribution is 5.74. The minimum absolute atomic E-state index is 0.639. The molecule has 2 heteroatoms. The molecule has 0 radical (unpaired) electrons. The number of nitrogens with one attached hydrogen (secondary N) is 1. The molecule has 0 heterocycles. The van der Waals surface area contributed by atoms with Gasteiger partial charge in [0.05, 0.1) is 0 Å². The molecule has 162 valence electrons. The smallest absolute Gasteiger partial charge is 0.142 e. The van der Waals surface area contributed by atoms with Crippen molar-refractivity contribution in [3.05, 3.63) is 90.5 Å². The number of anilines is 1. The first-order valence-electron chi connectivity index (χ1n) is 11.2. The number of hydrogen-bond acceptors (Lipinski definition) is 2. The topological polar surface area (TPSA) is 29.1 Å². The second kappa shape index (κ2) is 13.2. The molecular weight excluding hydrogens is 378 g/mol. The molecule has 3 aromatic carbocycles. The van der Waals surface area contributed by atoms with Gasteiger partial charge in [0.15, 0.2) is 0 Å². The fourth-order valence-electron chi connectivity index (χ4n) is 3.61. The van der Waals surface area contributed by atoms with Gasteiger partial charge in [-0.15, -0.1) is 0 Å². The molecule has 0 aliphatic carbocycles. The molecule has 1 N–H and O–H groups in total. The second-order valence-corrected chi connectivity index (χ2v) is 7.58. The largest absolute Gasteiger partial charge is 0.388 e. The Kier molecular flexibility index (Phi) is 10.3. The summed E-state index contributed by atoms with van der Waals surface area (Å²) in [4.78, 5) is 9.06. The maximum atomic E-state index is 9.06. The number of aldehydes is 1. The van der Waals surface area contributed by atoms with Crippen molar-refractivity contribution in [2.45, 2.75) is 46.0 Å². The predicted molar refractivity (Wildman–Crippen MR) is 136 cm³/mol. The van der Waals surface area contributed by atoms with E-state index in [1.54, 1.807) is 0 Å². The summed E-state index contributed by atoms with van der Waals surface area (Å²) in [6.07, 6.45) is 7.95. The van der Waals surface area contributed by atoms with Gasteiger partial charge in [0.25, 0.3) is 0 Å². The molecule has 3 aromatic rings. The van der Waals surface area contributed by atoms with Crippen LogP contribution in [0.5, 0.6) is 0 Å². The molecule has 0 fully saturated rings. The van der Waals surface area contributed by atoms with Gasteiger partial charge < -0.3 is 5.32 Å². The highest BCUT2D eigenvalue weighted by Gasteiger charge is 2.07. The summed E-state index contributed by atoms with van der Waals surface area (Å²) in [5.74, 6) is 0. The minimum atomic E-state index is 0.639. The maximum absolute atomic E-state index is 9.06. The van der Waals surface area contributed by atoms with Crippen molar-refractivity contribution in [3.63, 3.8) is 0 Å². The second-order valence-electron chi connectivity index (χ2n) is 7.58. The Labute approximate surface area is 188 Å². The summed E-state index contributed by atoms with van der Waals surface area (Å²) in [5.41, 5.74) is 9.23. The molecule has 2 nitrogen and oxygen atoms in total. The van der Waals surface area contributed by atoms with Crippen molar-refractivity contribution in [3.8, 4) is 22.3 Å². The van der Waals surface area contributed by atoms with Crippen LogP contribution in [-0.4, -0.2) is 13.3 Å². The van der Waals surface area contributed by atoms with Crippen LogP contribution in [0.15, 0.2) is 79.4 Å². The van der Waals surface area contributed by atoms with Crippen LogP contribution in [0.1, 0.15) is 44.2 Å². The van der Waals surface area contributed by atoms with Crippen LogP contribution < -0.4 is 5.32 Å². The van der Waals surface area contributed by atoms with Gasteiger partial charge in [-0.3, -0.25) is 4.79 Å². The summed E-state index contributed by atoms with van der Waals surface area (Å²) < 4.78 is 0. The first kappa shape index (κ1) is 24.1. The molecule has 0 bridgehead atoms. The average molecular weight is 414 g/mol. The Hall–Kier alpha value is -3.13. The van der Waals surface area contributed by atoms with Gasteiger partial charge in [0, 0.05) is 12.7 Å². The van der Waals surface area contributed by atoms with Crippen molar-refractivity contribution in [1.82, 2.24) is 0 Å². The Morgan fingerprint density at radius 3 is 2.00 bits per heavy atom. The number of carbonyl (C=O) groups excluding carboxylic acids is 1. The van der Waals surface area contributed by atoms with Gasteiger partial charge in [0.1, 0.15) is 6.29 Å². The molecule has 0 aromatic heterocycles. The van der Waals surface area contributed by atoms with Gasteiger partial charge in [-0.1, -0.05) is 87.9 Å². The Morgan fingerprint density at radius 1 is 0.839 bits per heavy atom. The summed E-state index contributed by atoms with van der Waals surface area (Å²) in [5, 5.41) is 3.18. The number of benzene rings is 3. The van der Waals surface area contributed by atoms with E-state index in [1.165, 1.54) is 65.1 Å². The van der Waals surface area contributed by atoms with Crippen molar-refractivity contribution < 1.29 is 4.79 Å². The standard InChI is InChI=1S/C26H31N.C3H4O/c1-4-6-7-8-20-9-11-23(12-10-20)26-18-15-24(19-21(26)5-2)22-13-16-25(27-3)17-14-22;1-2-3-4/h9-19,27H,4-8H2,1-3H3;2-3H,1H2. The molecule has 31 heavy (non-hydrogen) atoms. The van der Waals surface area contributed by atoms with E-state index in [0.29, 0.717) is 6.29 Å². The lowest BCUT2D eigenvalue weighted by Crippen LogP contribution is -1.91. The van der Waals surface area contributed by atoms with Gasteiger partial charge in [0.2, 0.25) is 0 Å². The number of hydrogen-bond donors (Lipinski definition) is 1. The van der Waals surface area contributed by atoms with E-state index in [2.05, 4.69) is 92.5 Å². The molecule has 0 amide bonds. The normalized spacial score (nSPS) is 10.0. The van der Waals surface area contributed by atoms with E-state index in [0.717, 1.165) is 12.1 Å². The maximum Gasteiger partial charge on any atom is 0.142 e. The monoisotopic (exact) mass is 413 g/mol. The molecule has 0 spiro atoms. The van der Waals surface area contributed by atoms with E-state index in [1.807, 2.05) is 7.05 Å². The van der Waals surface area contributed by atoms with Crippen molar-refractivity contribution in [2.75, 3.05) is 12.4 Å². The quantitative estimate of drug-likeness (QED) is 0.221. The molecule has 0 saturated heterocycles. The van der Waals surface area contributed by atoms with E-state index < -0.39 is 0 Å². The fourth-order valence-corrected chi connectivity index (χ4v) is 3.61. The number of carbonyl (C=O) groups is 1. The molecular formula is C29H35NO. The predicted octanol–water partition coefficient (Wildman–Crippen LogP) is 7.73. The third-order valence-electron chi connectivity index (χ3n) is 5.42. The molecule has 0 aliphatic rings. The summed E-state index contributed by atoms with van der Waals surface area (Å²) in [6, 6.07) is 24.7. The van der Waals surface area contributed by atoms with Gasteiger partial charge in [-0.25, -0.2) is 0 Å². The van der Waals surface area contributed by atoms with Gasteiger partial charge in [-0.05, 0) is 70.9 Å². The fraction of sp³-hybridized carbons (Fsp3) is 0.276. The van der Waals surface area contributed by atoms with E-state index in [-0.39, 0.29) is 0 Å². The minimum Gasteiger partial charge on any atom is -0.388 e. The lowest BCUT2D eigenvalue weighted by molar-refractivity contribution is -0.104. The Bertz CT molecular complexity index is 933. The Morgan fingerprint density at radius 2 is 1.45 bits per heavy atom. The zero-order chi connectivity index (χ0) is 22.5. The molecule has 0 aliphatic heterocycles. The van der Waals surface area contributed by atoms with Crippen LogP contribution in [0.25, 0.3) is 22.3 Å². The zero-order valence-corrected chi connectivity index (χ0v) is 19.2. The molecule has 0 saturated carbocycles. The number of unbranched alkanes of at least 4 members (excludes halogenated alkanes) is 2. The van der Waals surface area contributed by atoms with Crippen LogP contribution in [0.4, 0.5) is 5.69 Å². The van der Waals surface area contributed by atoms with E-state index in [4.69, 9.17) is 4.79 Å². The van der Waals surface area contributed by atoms with Crippen LogP contribution in [0, 0.1) is 0 Å². The van der Waals surface area contributed by atoms with Crippen molar-refractivity contribution >= 4 is 12.0 Å². The summed E-state index contributed by atoms with van der Waals surface area (Å²) in [6.45, 7) is 7.61. The van der Waals surface area contributed by atoms with Gasteiger partial charge >= 0.3 is 0 Å². The lowest BCUT2D eigenvalue weighted by atomic mass is 9.93. The van der Waals surface area contributed by atoms with Gasteiger partial charge in [-0.2, -0.15) is 0 Å². The van der Waals surface area contributed by atoms with Crippen molar-refractivity contribution in [2.24, 2.45) is 0 Å². The van der Waals surface area contributed by atoms with Crippen LogP contribution in [-0.2, 0) is 17.6 Å². The van der Waals surface area contributed by atoms with E-state index >= 15 is 0 Å². The number of rotatable bonds is 9. The third-order valence-corrected chi connectivity index (χ3v) is 5.42. The summed E-state index contributed by atoms with van der Waals surface area (Å²) >= 11 is 0. The average Bonchev–Trinajstić information content (AvgIpc) is 2.84. The van der Waals surface area contributed by atoms with E-state index in [9.17, 15) is 0 Å². The van der Waals surface area contributed by atoms with Crippen LogP contribution in [0.3, 0.4) is 0 Å². The van der Waals surface area contributed by atoms with Crippen LogP contribution in [0.2, 0.25) is 0 Å². The van der Waals surface area contributed by atoms with Crippen molar-refractivity contribution in [1.29, 1.82) is 0 Å². The highest BCUT2D eigenvalue weighted by Crippen LogP contribution is 2.30. The first-order chi connectivity index (χ1) is 15.2. The molecule has 3 rings (SSSR count). The Balaban J connectivity index is 0.000000785. The number of aryl methyl sites for hydroxylation is 2. The third kappa shape index (κ3) is 7.25. The highest BCUT2D eigenvalue weighted by atomic mass is 16.1. The molecule has 0 atom stereocenters. The lowest BCUT2D eigenvalue weighted by Gasteiger charge is -2.12.